The summed E-state index contributed by atoms with van der Waals surface area (Å²) < 4.78 is 18.3. The molecule has 0 bridgehead atoms. The first-order valence-electron chi connectivity index (χ1n) is 12.5. The molecule has 1 heterocycles. The van der Waals surface area contributed by atoms with Crippen LogP contribution in [0.25, 0.3) is 11.3 Å². The minimum absolute atomic E-state index is 0.109. The molecule has 5 heteroatoms. The third-order valence-electron chi connectivity index (χ3n) is 6.94. The highest BCUT2D eigenvalue weighted by atomic mass is 28.4. The van der Waals surface area contributed by atoms with Gasteiger partial charge in [0.05, 0.1) is 13.3 Å². The Morgan fingerprint density at radius 2 is 1.59 bits per heavy atom. The second-order valence-electron chi connectivity index (χ2n) is 10.6. The van der Waals surface area contributed by atoms with E-state index in [1.165, 1.54) is 24.8 Å². The van der Waals surface area contributed by atoms with Crippen molar-refractivity contribution in [3.8, 4) is 17.1 Å². The van der Waals surface area contributed by atoms with E-state index in [-0.39, 0.29) is 11.1 Å². The molecule has 184 valence electrons. The van der Waals surface area contributed by atoms with Crippen LogP contribution in [0, 0.1) is 0 Å². The molecule has 1 unspecified atom stereocenters. The maximum absolute atomic E-state index is 6.81. The Morgan fingerprint density at radius 3 is 2.24 bits per heavy atom. The Hall–Kier alpha value is -2.37. The van der Waals surface area contributed by atoms with E-state index >= 15 is 0 Å². The molecule has 0 fully saturated rings. The van der Waals surface area contributed by atoms with E-state index in [0.717, 1.165) is 36.3 Å². The van der Waals surface area contributed by atoms with E-state index in [1.807, 2.05) is 30.5 Å². The summed E-state index contributed by atoms with van der Waals surface area (Å²) in [5, 5.41) is 0.131. The van der Waals surface area contributed by atoms with Crippen molar-refractivity contribution in [3.63, 3.8) is 0 Å². The van der Waals surface area contributed by atoms with Gasteiger partial charge in [-0.25, -0.2) is 4.98 Å². The van der Waals surface area contributed by atoms with Gasteiger partial charge in [-0.2, -0.15) is 0 Å². The number of benzene rings is 2. The van der Waals surface area contributed by atoms with Crippen LogP contribution in [0.3, 0.4) is 0 Å². The van der Waals surface area contributed by atoms with Gasteiger partial charge in [0.25, 0.3) is 0 Å². The molecule has 34 heavy (non-hydrogen) atoms. The van der Waals surface area contributed by atoms with E-state index in [1.54, 1.807) is 7.11 Å². The topological polar surface area (TPSA) is 44.5 Å². The van der Waals surface area contributed by atoms with Crippen molar-refractivity contribution in [3.05, 3.63) is 72.2 Å². The van der Waals surface area contributed by atoms with E-state index < -0.39 is 8.32 Å². The molecule has 0 spiro atoms. The largest absolute Gasteiger partial charge is 0.497 e. The lowest BCUT2D eigenvalue weighted by Gasteiger charge is -2.38. The van der Waals surface area contributed by atoms with Gasteiger partial charge < -0.3 is 13.6 Å². The fourth-order valence-electron chi connectivity index (χ4n) is 3.75. The Balaban J connectivity index is 1.63. The normalized spacial score (nSPS) is 13.1. The number of ether oxygens (including phenoxy) is 1. The molecule has 2 aromatic carbocycles. The first-order chi connectivity index (χ1) is 16.2. The van der Waals surface area contributed by atoms with Crippen LogP contribution >= 0.6 is 0 Å². The SMILES string of the molecule is COc1ccc(-c2cnc(C(CCCCCCc3ccccc3)O[Si](C)(C)C(C)(C)C)o2)cc1. The van der Waals surface area contributed by atoms with Crippen molar-refractivity contribution in [1.82, 2.24) is 4.98 Å². The number of oxazole rings is 1. The van der Waals surface area contributed by atoms with E-state index in [4.69, 9.17) is 13.6 Å². The average Bonchev–Trinajstić information content (AvgIpc) is 3.31. The van der Waals surface area contributed by atoms with Crippen LogP contribution in [-0.4, -0.2) is 20.4 Å². The molecule has 0 aliphatic rings. The van der Waals surface area contributed by atoms with Gasteiger partial charge in [0.15, 0.2) is 14.1 Å². The monoisotopic (exact) mass is 479 g/mol. The van der Waals surface area contributed by atoms with Crippen molar-refractivity contribution in [2.24, 2.45) is 0 Å². The van der Waals surface area contributed by atoms with Crippen LogP contribution in [-0.2, 0) is 10.8 Å². The summed E-state index contributed by atoms with van der Waals surface area (Å²) in [6, 6.07) is 18.6. The highest BCUT2D eigenvalue weighted by Crippen LogP contribution is 2.41. The van der Waals surface area contributed by atoms with Crippen molar-refractivity contribution >= 4 is 8.32 Å². The number of methoxy groups -OCH3 is 1. The lowest BCUT2D eigenvalue weighted by Crippen LogP contribution is -2.41. The molecule has 0 saturated carbocycles. The Labute approximate surface area is 206 Å². The Bertz CT molecular complexity index is 990. The molecular formula is C29H41NO3Si. The molecule has 0 aliphatic heterocycles. The number of rotatable bonds is 12. The number of nitrogens with zero attached hydrogens (tertiary/aromatic N) is 1. The summed E-state index contributed by atoms with van der Waals surface area (Å²) >= 11 is 0. The van der Waals surface area contributed by atoms with Gasteiger partial charge in [0.1, 0.15) is 11.9 Å². The lowest BCUT2D eigenvalue weighted by atomic mass is 10.0. The summed E-state index contributed by atoms with van der Waals surface area (Å²) in [5.41, 5.74) is 2.42. The fourth-order valence-corrected chi connectivity index (χ4v) is 5.03. The number of hydrogen-bond acceptors (Lipinski definition) is 4. The standard InChI is InChI=1S/C29H41NO3Si/c1-29(2,3)34(5,6)33-26(17-13-8-7-10-14-23-15-11-9-12-16-23)28-30-22-27(32-28)24-18-20-25(31-4)21-19-24/h9,11-12,15-16,18-22,26H,7-8,10,13-14,17H2,1-6H3. The predicted octanol–water partition coefficient (Wildman–Crippen LogP) is 8.61. The van der Waals surface area contributed by atoms with Crippen molar-refractivity contribution < 1.29 is 13.6 Å². The van der Waals surface area contributed by atoms with E-state index in [9.17, 15) is 0 Å². The molecule has 0 saturated heterocycles. The summed E-state index contributed by atoms with van der Waals surface area (Å²) in [6.07, 6.45) is 8.53. The minimum Gasteiger partial charge on any atom is -0.497 e. The Morgan fingerprint density at radius 1 is 0.912 bits per heavy atom. The van der Waals surface area contributed by atoms with Crippen LogP contribution < -0.4 is 4.74 Å². The van der Waals surface area contributed by atoms with Gasteiger partial charge in [-0.15, -0.1) is 0 Å². The number of hydrogen-bond donors (Lipinski definition) is 0. The molecule has 1 atom stereocenters. The quantitative estimate of drug-likeness (QED) is 0.193. The summed E-state index contributed by atoms with van der Waals surface area (Å²) in [5.74, 6) is 2.29. The molecular weight excluding hydrogens is 438 g/mol. The smallest absolute Gasteiger partial charge is 0.222 e. The maximum atomic E-state index is 6.81. The van der Waals surface area contributed by atoms with Gasteiger partial charge in [-0.3, -0.25) is 0 Å². The van der Waals surface area contributed by atoms with Crippen LogP contribution in [0.15, 0.2) is 65.2 Å². The number of unbranched alkanes of at least 4 members (excludes halogenated alkanes) is 3. The van der Waals surface area contributed by atoms with Crippen molar-refractivity contribution in [1.29, 1.82) is 0 Å². The first-order valence-corrected chi connectivity index (χ1v) is 15.4. The molecule has 4 nitrogen and oxygen atoms in total. The highest BCUT2D eigenvalue weighted by Gasteiger charge is 2.40. The fraction of sp³-hybridized carbons (Fsp3) is 0.483. The zero-order valence-electron chi connectivity index (χ0n) is 21.8. The van der Waals surface area contributed by atoms with Crippen LogP contribution in [0.5, 0.6) is 5.75 Å². The summed E-state index contributed by atoms with van der Waals surface area (Å²) in [7, 11) is -0.297. The highest BCUT2D eigenvalue weighted by molar-refractivity contribution is 6.74. The van der Waals surface area contributed by atoms with Gasteiger partial charge in [0.2, 0.25) is 5.89 Å². The zero-order chi connectivity index (χ0) is 24.6. The van der Waals surface area contributed by atoms with E-state index in [0.29, 0.717) is 5.89 Å². The van der Waals surface area contributed by atoms with Gasteiger partial charge in [-0.05, 0) is 67.2 Å². The lowest BCUT2D eigenvalue weighted by molar-refractivity contribution is 0.139. The van der Waals surface area contributed by atoms with Gasteiger partial charge in [0, 0.05) is 5.56 Å². The average molecular weight is 480 g/mol. The Kier molecular flexibility index (Phi) is 9.14. The van der Waals surface area contributed by atoms with Gasteiger partial charge in [-0.1, -0.05) is 70.4 Å². The number of aryl methyl sites for hydroxylation is 1. The molecule has 1 aromatic heterocycles. The van der Waals surface area contributed by atoms with Crippen LogP contribution in [0.1, 0.15) is 70.4 Å². The second kappa shape index (κ2) is 11.9. The third-order valence-corrected chi connectivity index (χ3v) is 11.4. The van der Waals surface area contributed by atoms with Crippen molar-refractivity contribution in [2.75, 3.05) is 7.11 Å². The number of aromatic nitrogens is 1. The van der Waals surface area contributed by atoms with Crippen LogP contribution in [0.2, 0.25) is 18.1 Å². The maximum Gasteiger partial charge on any atom is 0.222 e. The van der Waals surface area contributed by atoms with Gasteiger partial charge >= 0.3 is 0 Å². The predicted molar refractivity (Wildman–Crippen MR) is 143 cm³/mol. The molecule has 0 aliphatic carbocycles. The molecule has 3 aromatic rings. The third kappa shape index (κ3) is 7.31. The minimum atomic E-state index is -1.97. The molecule has 0 amide bonds. The van der Waals surface area contributed by atoms with E-state index in [2.05, 4.69) is 69.2 Å². The van der Waals surface area contributed by atoms with Crippen molar-refractivity contribution in [2.45, 2.75) is 83.5 Å². The van der Waals surface area contributed by atoms with Crippen LogP contribution in [0.4, 0.5) is 0 Å². The molecule has 0 N–H and O–H groups in total. The molecule has 3 rings (SSSR count). The zero-order valence-corrected chi connectivity index (χ0v) is 22.8. The summed E-state index contributed by atoms with van der Waals surface area (Å²) in [6.45, 7) is 11.4. The second-order valence-corrected chi connectivity index (χ2v) is 15.4. The molecule has 0 radical (unpaired) electrons. The first kappa shape index (κ1) is 26.2. The summed E-state index contributed by atoms with van der Waals surface area (Å²) in [4.78, 5) is 4.66.